The van der Waals surface area contributed by atoms with Crippen LogP contribution in [0.15, 0.2) is 18.7 Å². The minimum atomic E-state index is 0.304. The van der Waals surface area contributed by atoms with Crippen LogP contribution < -0.4 is 5.32 Å². The predicted octanol–water partition coefficient (Wildman–Crippen LogP) is 3.18. The quantitative estimate of drug-likeness (QED) is 0.515. The molecule has 0 bridgehead atoms. The van der Waals surface area contributed by atoms with E-state index in [4.69, 9.17) is 4.98 Å². The van der Waals surface area contributed by atoms with Crippen molar-refractivity contribution >= 4 is 17.0 Å². The third-order valence-electron chi connectivity index (χ3n) is 6.37. The zero-order chi connectivity index (χ0) is 20.9. The molecule has 4 heterocycles. The number of hydrogen-bond donors (Lipinski definition) is 2. The van der Waals surface area contributed by atoms with Crippen molar-refractivity contribution < 1.29 is 0 Å². The molecule has 0 radical (unpaired) electrons. The van der Waals surface area contributed by atoms with E-state index in [1.807, 2.05) is 19.3 Å². The van der Waals surface area contributed by atoms with Crippen LogP contribution in [0.25, 0.3) is 22.6 Å². The lowest BCUT2D eigenvalue weighted by Crippen LogP contribution is -2.28. The van der Waals surface area contributed by atoms with Gasteiger partial charge in [-0.2, -0.15) is 5.10 Å². The second-order valence-corrected chi connectivity index (χ2v) is 8.52. The van der Waals surface area contributed by atoms with E-state index in [-0.39, 0.29) is 0 Å². The fourth-order valence-corrected chi connectivity index (χ4v) is 4.60. The second-order valence-electron chi connectivity index (χ2n) is 8.52. The lowest BCUT2D eigenvalue weighted by atomic mass is 9.90. The van der Waals surface area contributed by atoms with Crippen molar-refractivity contribution in [1.82, 2.24) is 39.7 Å². The molecule has 4 aromatic rings. The van der Waals surface area contributed by atoms with Crippen molar-refractivity contribution in [2.24, 2.45) is 0 Å². The van der Waals surface area contributed by atoms with Crippen LogP contribution in [0.2, 0.25) is 0 Å². The number of hydrogen-bond acceptors (Lipinski definition) is 7. The molecule has 6 rings (SSSR count). The first kappa shape index (κ1) is 18.4. The van der Waals surface area contributed by atoms with Crippen LogP contribution in [0.3, 0.4) is 0 Å². The van der Waals surface area contributed by atoms with E-state index in [1.54, 1.807) is 6.33 Å². The summed E-state index contributed by atoms with van der Waals surface area (Å²) in [4.78, 5) is 22.7. The van der Waals surface area contributed by atoms with Gasteiger partial charge in [0, 0.05) is 36.6 Å². The molecule has 9 heteroatoms. The Bertz CT molecular complexity index is 1250. The maximum absolute atomic E-state index is 4.92. The minimum absolute atomic E-state index is 0.304. The monoisotopic (exact) mass is 415 g/mol. The van der Waals surface area contributed by atoms with Crippen LogP contribution in [-0.4, -0.2) is 45.7 Å². The van der Waals surface area contributed by atoms with E-state index in [2.05, 4.69) is 46.9 Å². The van der Waals surface area contributed by atoms with E-state index in [1.165, 1.54) is 29.8 Å². The predicted molar refractivity (Wildman–Crippen MR) is 117 cm³/mol. The van der Waals surface area contributed by atoms with Gasteiger partial charge in [0.2, 0.25) is 0 Å². The average Bonchev–Trinajstić information content (AvgIpc) is 3.43. The molecular formula is C22H25N9. The topological polar surface area (TPSA) is 110 Å². The lowest BCUT2D eigenvalue weighted by Gasteiger charge is -2.24. The van der Waals surface area contributed by atoms with Gasteiger partial charge in [-0.3, -0.25) is 5.10 Å². The summed E-state index contributed by atoms with van der Waals surface area (Å²) in [5.74, 6) is 3.00. The first-order valence-corrected chi connectivity index (χ1v) is 11.0. The Balaban J connectivity index is 1.34. The first-order chi connectivity index (χ1) is 15.2. The van der Waals surface area contributed by atoms with Gasteiger partial charge < -0.3 is 9.88 Å². The van der Waals surface area contributed by atoms with Crippen LogP contribution in [0.4, 0.5) is 5.82 Å². The molecule has 0 aromatic carbocycles. The Morgan fingerprint density at radius 2 is 1.97 bits per heavy atom. The van der Waals surface area contributed by atoms with Crippen molar-refractivity contribution in [3.63, 3.8) is 0 Å². The number of aryl methyl sites for hydroxylation is 3. The van der Waals surface area contributed by atoms with Crippen LogP contribution in [0.1, 0.15) is 54.9 Å². The maximum Gasteiger partial charge on any atom is 0.165 e. The molecule has 0 spiro atoms. The summed E-state index contributed by atoms with van der Waals surface area (Å²) in [6.45, 7) is 4.73. The molecule has 1 atom stereocenters. The van der Waals surface area contributed by atoms with Gasteiger partial charge in [-0.05, 0) is 51.5 Å². The highest BCUT2D eigenvalue weighted by molar-refractivity contribution is 5.86. The summed E-state index contributed by atoms with van der Waals surface area (Å²) in [5.41, 5.74) is 6.50. The SMILES string of the molecule is CCn1c(-c2cnc(C)nc2)nc2c(N[C@@H]3CCc4[nH]nc(C5CC5)c4C3)ncnc21. The van der Waals surface area contributed by atoms with E-state index < -0.39 is 0 Å². The van der Waals surface area contributed by atoms with Crippen molar-refractivity contribution in [3.05, 3.63) is 41.5 Å². The number of aromatic nitrogens is 8. The van der Waals surface area contributed by atoms with Gasteiger partial charge in [0.1, 0.15) is 18.0 Å². The van der Waals surface area contributed by atoms with Gasteiger partial charge in [-0.25, -0.2) is 24.9 Å². The fraction of sp³-hybridized carbons (Fsp3) is 0.455. The molecular weight excluding hydrogens is 390 g/mol. The Kier molecular flexibility index (Phi) is 4.22. The standard InChI is InChI=1S/C22H25N9/c1-3-31-21(14-9-23-12(2)24-10-14)28-19-20(25-11-26-22(19)31)27-15-6-7-17-16(8-15)18(30-29-17)13-4-5-13/h9-11,13,15H,3-8H2,1-2H3,(H,29,30)(H,25,26,27)/t15-/m1/s1. The van der Waals surface area contributed by atoms with E-state index in [0.29, 0.717) is 12.0 Å². The molecule has 0 amide bonds. The van der Waals surface area contributed by atoms with Gasteiger partial charge in [0.15, 0.2) is 17.0 Å². The van der Waals surface area contributed by atoms with Gasteiger partial charge in [0.25, 0.3) is 0 Å². The van der Waals surface area contributed by atoms with Crippen LogP contribution in [-0.2, 0) is 19.4 Å². The minimum Gasteiger partial charge on any atom is -0.365 e. The molecule has 158 valence electrons. The summed E-state index contributed by atoms with van der Waals surface area (Å²) in [6.07, 6.45) is 10.8. The Hall–Kier alpha value is -3.36. The van der Waals surface area contributed by atoms with Gasteiger partial charge >= 0.3 is 0 Å². The van der Waals surface area contributed by atoms with Gasteiger partial charge in [-0.15, -0.1) is 0 Å². The Morgan fingerprint density at radius 1 is 1.13 bits per heavy atom. The number of H-pyrrole nitrogens is 1. The average molecular weight is 416 g/mol. The highest BCUT2D eigenvalue weighted by Gasteiger charge is 2.33. The number of imidazole rings is 1. The van der Waals surface area contributed by atoms with E-state index in [9.17, 15) is 0 Å². The maximum atomic E-state index is 4.92. The number of fused-ring (bicyclic) bond motifs is 2. The van der Waals surface area contributed by atoms with Crippen LogP contribution in [0.5, 0.6) is 0 Å². The second kappa shape index (κ2) is 7.11. The molecule has 2 aliphatic rings. The smallest absolute Gasteiger partial charge is 0.165 e. The molecule has 1 saturated carbocycles. The molecule has 4 aromatic heterocycles. The number of aromatic amines is 1. The van der Waals surface area contributed by atoms with Gasteiger partial charge in [0.05, 0.1) is 11.3 Å². The Morgan fingerprint density at radius 3 is 2.74 bits per heavy atom. The molecule has 1 fully saturated rings. The summed E-state index contributed by atoms with van der Waals surface area (Å²) in [7, 11) is 0. The number of nitrogens with one attached hydrogen (secondary N) is 2. The number of rotatable bonds is 5. The fourth-order valence-electron chi connectivity index (χ4n) is 4.60. The molecule has 0 saturated heterocycles. The highest BCUT2D eigenvalue weighted by atomic mass is 15.2. The third-order valence-corrected chi connectivity index (χ3v) is 6.37. The van der Waals surface area contributed by atoms with Gasteiger partial charge in [-0.1, -0.05) is 0 Å². The van der Waals surface area contributed by atoms with Crippen molar-refractivity contribution in [1.29, 1.82) is 0 Å². The zero-order valence-corrected chi connectivity index (χ0v) is 17.8. The zero-order valence-electron chi connectivity index (χ0n) is 17.8. The highest BCUT2D eigenvalue weighted by Crippen LogP contribution is 2.42. The summed E-state index contributed by atoms with van der Waals surface area (Å²) in [6, 6.07) is 0.304. The number of anilines is 1. The number of nitrogens with zero attached hydrogens (tertiary/aromatic N) is 7. The molecule has 0 unspecified atom stereocenters. The van der Waals surface area contributed by atoms with E-state index in [0.717, 1.165) is 60.0 Å². The normalized spacial score (nSPS) is 18.3. The molecule has 9 nitrogen and oxygen atoms in total. The lowest BCUT2D eigenvalue weighted by molar-refractivity contribution is 0.600. The van der Waals surface area contributed by atoms with Crippen LogP contribution in [0, 0.1) is 6.92 Å². The summed E-state index contributed by atoms with van der Waals surface area (Å²) < 4.78 is 2.09. The largest absolute Gasteiger partial charge is 0.365 e. The molecule has 2 aliphatic carbocycles. The third kappa shape index (κ3) is 3.15. The molecule has 2 N–H and O–H groups in total. The van der Waals surface area contributed by atoms with Crippen LogP contribution >= 0.6 is 0 Å². The summed E-state index contributed by atoms with van der Waals surface area (Å²) in [5, 5.41) is 11.5. The van der Waals surface area contributed by atoms with Crippen molar-refractivity contribution in [2.45, 2.75) is 64.5 Å². The first-order valence-electron chi connectivity index (χ1n) is 11.0. The molecule has 0 aliphatic heterocycles. The summed E-state index contributed by atoms with van der Waals surface area (Å²) >= 11 is 0. The Labute approximate surface area is 179 Å². The van der Waals surface area contributed by atoms with Crippen molar-refractivity contribution in [3.8, 4) is 11.4 Å². The molecule has 31 heavy (non-hydrogen) atoms. The van der Waals surface area contributed by atoms with Crippen molar-refractivity contribution in [2.75, 3.05) is 5.32 Å². The van der Waals surface area contributed by atoms with E-state index >= 15 is 0 Å².